The molecule has 0 bridgehead atoms. The summed E-state index contributed by atoms with van der Waals surface area (Å²) in [6.45, 7) is 0. The maximum atomic E-state index is 5.87. The lowest BCUT2D eigenvalue weighted by Crippen LogP contribution is -1.88. The van der Waals surface area contributed by atoms with Crippen molar-refractivity contribution in [2.45, 2.75) is 0 Å². The van der Waals surface area contributed by atoms with E-state index in [1.165, 1.54) is 0 Å². The van der Waals surface area contributed by atoms with E-state index in [9.17, 15) is 0 Å². The molecule has 0 aliphatic rings. The molecule has 5 N–H and O–H groups in total. The van der Waals surface area contributed by atoms with E-state index in [-0.39, 0.29) is 0 Å². The molecule has 0 radical (unpaired) electrons. The molecule has 4 aromatic rings. The van der Waals surface area contributed by atoms with Crippen molar-refractivity contribution in [3.05, 3.63) is 72.8 Å². The quantitative estimate of drug-likeness (QED) is 0.484. The molecule has 128 valence electrons. The van der Waals surface area contributed by atoms with Crippen molar-refractivity contribution in [2.24, 2.45) is 0 Å². The van der Waals surface area contributed by atoms with Crippen LogP contribution in [0.1, 0.15) is 0 Å². The normalized spacial score (nSPS) is 10.6. The van der Waals surface area contributed by atoms with E-state index >= 15 is 0 Å². The van der Waals surface area contributed by atoms with Crippen LogP contribution in [-0.4, -0.2) is 15.2 Å². The maximum Gasteiger partial charge on any atom is 0.181 e. The molecule has 0 aliphatic carbocycles. The molecule has 0 fully saturated rings. The number of nitrogens with two attached hydrogens (primary N) is 2. The zero-order valence-electron chi connectivity index (χ0n) is 13.9. The Morgan fingerprint density at radius 3 is 2.31 bits per heavy atom. The Hall–Kier alpha value is -3.80. The highest BCUT2D eigenvalue weighted by molar-refractivity contribution is 5.65. The molecule has 0 amide bonds. The number of nitrogens with one attached hydrogen (secondary N) is 1. The van der Waals surface area contributed by atoms with Crippen LogP contribution in [0, 0.1) is 0 Å². The molecule has 6 nitrogen and oxygen atoms in total. The van der Waals surface area contributed by atoms with Gasteiger partial charge in [-0.2, -0.15) is 5.10 Å². The lowest BCUT2D eigenvalue weighted by atomic mass is 10.2. The van der Waals surface area contributed by atoms with Gasteiger partial charge < -0.3 is 16.2 Å². The van der Waals surface area contributed by atoms with Crippen LogP contribution in [0.5, 0.6) is 11.5 Å². The molecule has 0 saturated carbocycles. The molecule has 3 aromatic carbocycles. The van der Waals surface area contributed by atoms with Gasteiger partial charge in [0.25, 0.3) is 0 Å². The molecule has 26 heavy (non-hydrogen) atoms. The average molecular weight is 343 g/mol. The van der Waals surface area contributed by atoms with Gasteiger partial charge in [0.05, 0.1) is 0 Å². The first kappa shape index (κ1) is 15.7. The van der Waals surface area contributed by atoms with Gasteiger partial charge in [-0.1, -0.05) is 24.3 Å². The van der Waals surface area contributed by atoms with Crippen LogP contribution in [-0.2, 0) is 0 Å². The molecule has 0 atom stereocenters. The minimum absolute atomic E-state index is 0.595. The minimum atomic E-state index is 0.595. The highest BCUT2D eigenvalue weighted by Crippen LogP contribution is 2.27. The summed E-state index contributed by atoms with van der Waals surface area (Å²) in [5, 5.41) is 7.25. The number of rotatable bonds is 4. The third-order valence-corrected chi connectivity index (χ3v) is 3.85. The first-order chi connectivity index (χ1) is 12.7. The largest absolute Gasteiger partial charge is 0.457 e. The van der Waals surface area contributed by atoms with Gasteiger partial charge in [0.15, 0.2) is 11.6 Å². The molecule has 6 heteroatoms. The van der Waals surface area contributed by atoms with Gasteiger partial charge >= 0.3 is 0 Å². The van der Waals surface area contributed by atoms with E-state index in [1.54, 1.807) is 12.1 Å². The molecule has 1 heterocycles. The molecule has 0 unspecified atom stereocenters. The Morgan fingerprint density at radius 2 is 1.50 bits per heavy atom. The zero-order chi connectivity index (χ0) is 17.9. The van der Waals surface area contributed by atoms with E-state index in [0.29, 0.717) is 28.8 Å². The smallest absolute Gasteiger partial charge is 0.181 e. The van der Waals surface area contributed by atoms with Crippen LogP contribution in [0.4, 0.5) is 11.4 Å². The summed E-state index contributed by atoms with van der Waals surface area (Å²) in [5.74, 6) is 2.67. The van der Waals surface area contributed by atoms with E-state index < -0.39 is 0 Å². The number of hydrogen-bond acceptors (Lipinski definition) is 5. The first-order valence-electron chi connectivity index (χ1n) is 8.09. The summed E-state index contributed by atoms with van der Waals surface area (Å²) < 4.78 is 5.87. The van der Waals surface area contributed by atoms with Gasteiger partial charge in [-0.05, 0) is 48.5 Å². The Labute approximate surface area is 150 Å². The van der Waals surface area contributed by atoms with Crippen molar-refractivity contribution in [1.82, 2.24) is 15.2 Å². The Balaban J connectivity index is 1.59. The summed E-state index contributed by atoms with van der Waals surface area (Å²) in [7, 11) is 0. The number of aromatic amines is 1. The Kier molecular flexibility index (Phi) is 3.99. The number of benzene rings is 3. The fourth-order valence-electron chi connectivity index (χ4n) is 2.58. The molecular formula is C20H17N5O. The van der Waals surface area contributed by atoms with Crippen LogP contribution in [0.25, 0.3) is 22.8 Å². The maximum absolute atomic E-state index is 5.87. The zero-order valence-corrected chi connectivity index (χ0v) is 13.9. The molecule has 4 rings (SSSR count). The third kappa shape index (κ3) is 3.34. The number of hydrogen-bond donors (Lipinski definition) is 3. The van der Waals surface area contributed by atoms with Crippen LogP contribution in [0.15, 0.2) is 72.8 Å². The topological polar surface area (TPSA) is 103 Å². The summed E-state index contributed by atoms with van der Waals surface area (Å²) >= 11 is 0. The van der Waals surface area contributed by atoms with Crippen LogP contribution in [0.2, 0.25) is 0 Å². The van der Waals surface area contributed by atoms with Crippen molar-refractivity contribution >= 4 is 11.4 Å². The van der Waals surface area contributed by atoms with Crippen LogP contribution >= 0.6 is 0 Å². The van der Waals surface area contributed by atoms with Crippen molar-refractivity contribution in [3.8, 4) is 34.3 Å². The number of ether oxygens (including phenoxy) is 1. The van der Waals surface area contributed by atoms with E-state index in [1.807, 2.05) is 60.7 Å². The number of H-pyrrole nitrogens is 1. The molecule has 0 aliphatic heterocycles. The fraction of sp³-hybridized carbons (Fsp3) is 0. The van der Waals surface area contributed by atoms with Crippen molar-refractivity contribution in [3.63, 3.8) is 0 Å². The molecule has 0 spiro atoms. The van der Waals surface area contributed by atoms with Gasteiger partial charge in [0.2, 0.25) is 0 Å². The number of nitrogens with zero attached hydrogens (tertiary/aromatic N) is 2. The number of anilines is 2. The van der Waals surface area contributed by atoms with Gasteiger partial charge in [-0.15, -0.1) is 0 Å². The fourth-order valence-corrected chi connectivity index (χ4v) is 2.58. The number of nitrogen functional groups attached to an aromatic ring is 2. The van der Waals surface area contributed by atoms with Gasteiger partial charge in [0, 0.05) is 22.5 Å². The van der Waals surface area contributed by atoms with Crippen molar-refractivity contribution in [1.29, 1.82) is 0 Å². The predicted molar refractivity (Wildman–Crippen MR) is 103 cm³/mol. The monoisotopic (exact) mass is 343 g/mol. The summed E-state index contributed by atoms with van der Waals surface area (Å²) in [6, 6.07) is 22.4. The lowest BCUT2D eigenvalue weighted by molar-refractivity contribution is 0.483. The molecule has 1 aromatic heterocycles. The van der Waals surface area contributed by atoms with E-state index in [4.69, 9.17) is 16.2 Å². The van der Waals surface area contributed by atoms with Crippen LogP contribution < -0.4 is 16.2 Å². The second-order valence-corrected chi connectivity index (χ2v) is 5.83. The summed E-state index contributed by atoms with van der Waals surface area (Å²) in [6.07, 6.45) is 0. The summed E-state index contributed by atoms with van der Waals surface area (Å²) in [5.41, 5.74) is 14.6. The van der Waals surface area contributed by atoms with E-state index in [2.05, 4.69) is 15.2 Å². The number of aromatic nitrogens is 3. The average Bonchev–Trinajstić information content (AvgIpc) is 3.14. The van der Waals surface area contributed by atoms with Crippen molar-refractivity contribution in [2.75, 3.05) is 11.5 Å². The van der Waals surface area contributed by atoms with Crippen molar-refractivity contribution < 1.29 is 4.74 Å². The Bertz CT molecular complexity index is 1040. The predicted octanol–water partition coefficient (Wildman–Crippen LogP) is 4.10. The van der Waals surface area contributed by atoms with Gasteiger partial charge in [0.1, 0.15) is 11.5 Å². The summed E-state index contributed by atoms with van der Waals surface area (Å²) in [4.78, 5) is 4.56. The van der Waals surface area contributed by atoms with E-state index in [0.717, 1.165) is 16.9 Å². The second-order valence-electron chi connectivity index (χ2n) is 5.83. The molecular weight excluding hydrogens is 326 g/mol. The Morgan fingerprint density at radius 1 is 0.731 bits per heavy atom. The third-order valence-electron chi connectivity index (χ3n) is 3.85. The first-order valence-corrected chi connectivity index (χ1v) is 8.09. The van der Waals surface area contributed by atoms with Gasteiger partial charge in [-0.25, -0.2) is 4.98 Å². The highest BCUT2D eigenvalue weighted by Gasteiger charge is 2.09. The standard InChI is InChI=1S/C20H17N5O/c21-15-7-9-17(10-8-15)26-18-6-2-4-14(12-18)20-23-19(24-25-20)13-3-1-5-16(22)11-13/h1-12H,21-22H2,(H,23,24,25). The van der Waals surface area contributed by atoms with Crippen LogP contribution in [0.3, 0.4) is 0 Å². The lowest BCUT2D eigenvalue weighted by Gasteiger charge is -2.07. The highest BCUT2D eigenvalue weighted by atomic mass is 16.5. The van der Waals surface area contributed by atoms with Gasteiger partial charge in [-0.3, -0.25) is 5.10 Å². The SMILES string of the molecule is Nc1ccc(Oc2cccc(-c3nc(-c4cccc(N)c4)n[nH]3)c2)cc1. The second kappa shape index (κ2) is 6.60. The molecule has 0 saturated heterocycles. The minimum Gasteiger partial charge on any atom is -0.457 e.